The van der Waals surface area contributed by atoms with Gasteiger partial charge >= 0.3 is 5.97 Å². The highest BCUT2D eigenvalue weighted by Crippen LogP contribution is 2.15. The number of ether oxygens (including phenoxy) is 1. The van der Waals surface area contributed by atoms with E-state index in [1.165, 1.54) is 89.5 Å². The van der Waals surface area contributed by atoms with Crippen molar-refractivity contribution in [2.45, 2.75) is 97.5 Å². The van der Waals surface area contributed by atoms with Gasteiger partial charge in [-0.2, -0.15) is 0 Å². The summed E-state index contributed by atoms with van der Waals surface area (Å²) in [6, 6.07) is 1.55. The molecule has 0 aliphatic carbocycles. The van der Waals surface area contributed by atoms with Crippen molar-refractivity contribution in [1.29, 1.82) is 0 Å². The van der Waals surface area contributed by atoms with Crippen LogP contribution in [-0.2, 0) is 9.53 Å². The lowest BCUT2D eigenvalue weighted by atomic mass is 10.0. The number of unbranched alkanes of at least 4 members (excludes halogenated alkanes) is 13. The predicted molar refractivity (Wildman–Crippen MR) is 131 cm³/mol. The SMILES string of the molecule is C=CC(=O)OCCCCCCCCCCCCCCCC[SiH2]C(I)I. The van der Waals surface area contributed by atoms with Gasteiger partial charge in [-0.25, -0.2) is 4.79 Å². The third-order valence-electron chi connectivity index (χ3n) is 4.48. The number of esters is 1. The second kappa shape index (κ2) is 21.2. The van der Waals surface area contributed by atoms with Crippen LogP contribution in [0.5, 0.6) is 0 Å². The van der Waals surface area contributed by atoms with Crippen molar-refractivity contribution >= 4 is 60.7 Å². The average Bonchev–Trinajstić information content (AvgIpc) is 2.60. The minimum atomic E-state index is -0.299. The third kappa shape index (κ3) is 22.8. The Labute approximate surface area is 185 Å². The van der Waals surface area contributed by atoms with Gasteiger partial charge in [-0.05, 0) is 6.42 Å². The van der Waals surface area contributed by atoms with E-state index >= 15 is 0 Å². The Bertz CT molecular complexity index is 312. The topological polar surface area (TPSA) is 26.3 Å². The molecule has 0 aliphatic rings. The summed E-state index contributed by atoms with van der Waals surface area (Å²) in [5.74, 6) is -0.299. The highest BCUT2D eigenvalue weighted by atomic mass is 127. The van der Waals surface area contributed by atoms with E-state index in [0.29, 0.717) is 6.61 Å². The monoisotopic (exact) mass is 592 g/mol. The zero-order chi connectivity index (χ0) is 18.6. The number of hydrogen-bond donors (Lipinski definition) is 0. The molecule has 0 aromatic heterocycles. The van der Waals surface area contributed by atoms with Gasteiger partial charge in [0.25, 0.3) is 0 Å². The van der Waals surface area contributed by atoms with Crippen molar-refractivity contribution in [3.8, 4) is 0 Å². The minimum absolute atomic E-state index is 0.227. The molecule has 0 fully saturated rings. The molecule has 0 saturated heterocycles. The normalized spacial score (nSPS) is 11.5. The molecular weight excluding hydrogens is 554 g/mol. The largest absolute Gasteiger partial charge is 0.463 e. The fraction of sp³-hybridized carbons (Fsp3) is 0.850. The molecule has 0 amide bonds. The number of carbonyl (C=O) groups is 1. The summed E-state index contributed by atoms with van der Waals surface area (Å²) in [4.78, 5) is 10.9. The predicted octanol–water partition coefficient (Wildman–Crippen LogP) is 6.92. The number of carbonyl (C=O) groups excluding carboxylic acids is 1. The Morgan fingerprint density at radius 3 is 1.60 bits per heavy atom. The van der Waals surface area contributed by atoms with Crippen molar-refractivity contribution in [3.05, 3.63) is 12.7 Å². The molecule has 2 nitrogen and oxygen atoms in total. The molecule has 0 rings (SSSR count). The lowest BCUT2D eigenvalue weighted by Crippen LogP contribution is -2.01. The van der Waals surface area contributed by atoms with Crippen LogP contribution in [0.25, 0.3) is 0 Å². The van der Waals surface area contributed by atoms with Crippen LogP contribution in [0.4, 0.5) is 0 Å². The van der Waals surface area contributed by atoms with Crippen LogP contribution in [0.2, 0.25) is 6.04 Å². The third-order valence-corrected chi connectivity index (χ3v) is 9.56. The first-order chi connectivity index (χ1) is 12.2. The van der Waals surface area contributed by atoms with Crippen LogP contribution in [0, 0.1) is 0 Å². The molecule has 5 heteroatoms. The van der Waals surface area contributed by atoms with Crippen molar-refractivity contribution in [2.24, 2.45) is 0 Å². The van der Waals surface area contributed by atoms with E-state index in [1.54, 1.807) is 6.04 Å². The highest BCUT2D eigenvalue weighted by molar-refractivity contribution is 14.2. The van der Waals surface area contributed by atoms with Crippen LogP contribution in [0.1, 0.15) is 89.9 Å². The molecule has 0 bridgehead atoms. The molecule has 0 atom stereocenters. The lowest BCUT2D eigenvalue weighted by molar-refractivity contribution is -0.137. The first-order valence-electron chi connectivity index (χ1n) is 10.2. The molecule has 0 N–H and O–H groups in total. The van der Waals surface area contributed by atoms with Crippen LogP contribution in [0.15, 0.2) is 12.7 Å². The zero-order valence-electron chi connectivity index (χ0n) is 16.0. The Morgan fingerprint density at radius 1 is 0.800 bits per heavy atom. The molecule has 0 aromatic rings. The molecule has 0 heterocycles. The summed E-state index contributed by atoms with van der Waals surface area (Å²) < 4.78 is 5.92. The molecule has 0 unspecified atom stereocenters. The minimum Gasteiger partial charge on any atom is -0.463 e. The first-order valence-corrected chi connectivity index (χ1v) is 14.5. The lowest BCUT2D eigenvalue weighted by Gasteiger charge is -2.04. The number of halogens is 2. The van der Waals surface area contributed by atoms with E-state index in [9.17, 15) is 4.79 Å². The standard InChI is InChI=1S/C20H38I2O2Si/c1-2-19(23)24-17-15-13-11-9-7-5-3-4-6-8-10-12-14-16-18-25-20(21)22/h2,20H,1,3-18,25H2. The van der Waals surface area contributed by atoms with Gasteiger partial charge < -0.3 is 4.74 Å². The van der Waals surface area contributed by atoms with Gasteiger partial charge in [0.05, 0.1) is 6.61 Å². The number of alkyl halides is 2. The molecule has 148 valence electrons. The van der Waals surface area contributed by atoms with E-state index < -0.39 is 0 Å². The summed E-state index contributed by atoms with van der Waals surface area (Å²) in [7, 11) is 0.227. The molecule has 25 heavy (non-hydrogen) atoms. The van der Waals surface area contributed by atoms with Crippen LogP contribution in [-0.4, -0.2) is 23.7 Å². The Hall–Kier alpha value is 0.887. The molecule has 0 aliphatic heterocycles. The average molecular weight is 592 g/mol. The molecular formula is C20H38I2O2Si. The number of rotatable bonds is 19. The Morgan fingerprint density at radius 2 is 1.20 bits per heavy atom. The van der Waals surface area contributed by atoms with Gasteiger partial charge in [-0.3, -0.25) is 0 Å². The summed E-state index contributed by atoms with van der Waals surface area (Å²) in [5, 5.41) is 0. The summed E-state index contributed by atoms with van der Waals surface area (Å²) in [5.41, 5.74) is 0. The molecule has 0 aromatic carbocycles. The van der Waals surface area contributed by atoms with Crippen molar-refractivity contribution < 1.29 is 9.53 Å². The van der Waals surface area contributed by atoms with Crippen LogP contribution >= 0.6 is 45.2 Å². The fourth-order valence-electron chi connectivity index (χ4n) is 2.93. The van der Waals surface area contributed by atoms with Crippen molar-refractivity contribution in [1.82, 2.24) is 0 Å². The second-order valence-electron chi connectivity index (χ2n) is 6.85. The van der Waals surface area contributed by atoms with E-state index in [4.69, 9.17) is 4.74 Å². The fourth-order valence-corrected chi connectivity index (χ4v) is 6.52. The summed E-state index contributed by atoms with van der Waals surface area (Å²) in [6.07, 6.45) is 20.3. The molecule has 0 radical (unpaired) electrons. The summed E-state index contributed by atoms with van der Waals surface area (Å²) in [6.45, 7) is 3.93. The second-order valence-corrected chi connectivity index (χ2v) is 17.7. The Kier molecular flexibility index (Phi) is 21.9. The van der Waals surface area contributed by atoms with Crippen molar-refractivity contribution in [2.75, 3.05) is 6.61 Å². The van der Waals surface area contributed by atoms with E-state index in [2.05, 4.69) is 51.8 Å². The Balaban J connectivity index is 3.03. The smallest absolute Gasteiger partial charge is 0.330 e. The molecule has 0 saturated carbocycles. The van der Waals surface area contributed by atoms with Gasteiger partial charge in [-0.15, -0.1) is 0 Å². The van der Waals surface area contributed by atoms with E-state index in [1.807, 2.05) is 0 Å². The van der Waals surface area contributed by atoms with E-state index in [-0.39, 0.29) is 15.5 Å². The van der Waals surface area contributed by atoms with Crippen LogP contribution in [0.3, 0.4) is 0 Å². The van der Waals surface area contributed by atoms with Gasteiger partial charge in [0.2, 0.25) is 0 Å². The van der Waals surface area contributed by atoms with E-state index in [0.717, 1.165) is 7.98 Å². The molecule has 0 spiro atoms. The van der Waals surface area contributed by atoms with Gasteiger partial charge in [-0.1, -0.05) is 141 Å². The maximum absolute atomic E-state index is 10.9. The van der Waals surface area contributed by atoms with Gasteiger partial charge in [0.1, 0.15) is 0 Å². The van der Waals surface area contributed by atoms with Crippen molar-refractivity contribution in [3.63, 3.8) is 0 Å². The maximum atomic E-state index is 10.9. The van der Waals surface area contributed by atoms with Crippen LogP contribution < -0.4 is 0 Å². The summed E-state index contributed by atoms with van der Waals surface area (Å²) >= 11 is 5.16. The van der Waals surface area contributed by atoms with Gasteiger partial charge in [0, 0.05) is 17.2 Å². The maximum Gasteiger partial charge on any atom is 0.330 e. The van der Waals surface area contributed by atoms with Gasteiger partial charge in [0.15, 0.2) is 0 Å². The highest BCUT2D eigenvalue weighted by Gasteiger charge is 1.98. The zero-order valence-corrected chi connectivity index (χ0v) is 21.7. The quantitative estimate of drug-likeness (QED) is 0.0407. The first kappa shape index (κ1) is 25.9. The number of hydrogen-bond acceptors (Lipinski definition) is 2.